The number of carbonyl (C=O) groups is 2. The summed E-state index contributed by atoms with van der Waals surface area (Å²) in [5.74, 6) is 0.0118. The largest absolute Gasteiger partial charge is 0.294 e. The van der Waals surface area contributed by atoms with E-state index in [9.17, 15) is 9.59 Å². The first-order chi connectivity index (χ1) is 7.46. The molecular formula is C15H22O2. The second-order valence-electron chi connectivity index (χ2n) is 6.73. The number of Topliss-reactive ketones (excluding diaryl/α,β-unsaturated/α-hetero) is 2. The number of hydrogen-bond donors (Lipinski definition) is 0. The van der Waals surface area contributed by atoms with Crippen molar-refractivity contribution in [1.82, 2.24) is 0 Å². The first kappa shape index (κ1) is 13.9. The molecule has 0 radical (unpaired) electrons. The van der Waals surface area contributed by atoms with E-state index < -0.39 is 0 Å². The van der Waals surface area contributed by atoms with Gasteiger partial charge in [-0.25, -0.2) is 0 Å². The summed E-state index contributed by atoms with van der Waals surface area (Å²) in [5, 5.41) is 0. The molecule has 2 heteroatoms. The number of allylic oxidation sites excluding steroid dienone is 4. The molecule has 1 aliphatic rings. The molecule has 94 valence electrons. The SMILES string of the molecule is CC(=O)C1=C(C(C)(C)C)C(=O)C(C(C)(C)C)=C1. The molecule has 1 rings (SSSR count). The van der Waals surface area contributed by atoms with Crippen LogP contribution in [0.1, 0.15) is 48.5 Å². The van der Waals surface area contributed by atoms with Gasteiger partial charge in [0.1, 0.15) is 0 Å². The molecule has 0 N–H and O–H groups in total. The Morgan fingerprint density at radius 2 is 1.47 bits per heavy atom. The first-order valence-corrected chi connectivity index (χ1v) is 5.99. The minimum Gasteiger partial charge on any atom is -0.294 e. The van der Waals surface area contributed by atoms with E-state index in [0.29, 0.717) is 11.1 Å². The summed E-state index contributed by atoms with van der Waals surface area (Å²) in [6.07, 6.45) is 1.78. The van der Waals surface area contributed by atoms with Gasteiger partial charge < -0.3 is 0 Å². The molecule has 0 aromatic carbocycles. The van der Waals surface area contributed by atoms with Gasteiger partial charge >= 0.3 is 0 Å². The van der Waals surface area contributed by atoms with Gasteiger partial charge in [0.2, 0.25) is 0 Å². The average Bonchev–Trinajstić information content (AvgIpc) is 2.40. The molecule has 0 spiro atoms. The van der Waals surface area contributed by atoms with Crippen LogP contribution in [0.25, 0.3) is 0 Å². The molecule has 0 saturated heterocycles. The summed E-state index contributed by atoms with van der Waals surface area (Å²) in [6, 6.07) is 0. The average molecular weight is 234 g/mol. The van der Waals surface area contributed by atoms with E-state index in [4.69, 9.17) is 0 Å². The Hall–Kier alpha value is -1.18. The van der Waals surface area contributed by atoms with Crippen molar-refractivity contribution in [2.45, 2.75) is 48.5 Å². The van der Waals surface area contributed by atoms with Gasteiger partial charge in [0.05, 0.1) is 0 Å². The minimum absolute atomic E-state index is 0.0254. The van der Waals surface area contributed by atoms with Crippen molar-refractivity contribution in [2.75, 3.05) is 0 Å². The highest BCUT2D eigenvalue weighted by atomic mass is 16.1. The molecule has 0 aromatic heterocycles. The molecule has 2 nitrogen and oxygen atoms in total. The van der Waals surface area contributed by atoms with E-state index in [-0.39, 0.29) is 22.4 Å². The summed E-state index contributed by atoms with van der Waals surface area (Å²) in [4.78, 5) is 24.1. The Labute approximate surface area is 104 Å². The maximum atomic E-state index is 12.4. The molecule has 0 unspecified atom stereocenters. The third kappa shape index (κ3) is 2.56. The van der Waals surface area contributed by atoms with Crippen LogP contribution in [0.4, 0.5) is 0 Å². The molecule has 0 heterocycles. The van der Waals surface area contributed by atoms with Crippen molar-refractivity contribution < 1.29 is 9.59 Å². The Kier molecular flexibility index (Phi) is 3.21. The van der Waals surface area contributed by atoms with E-state index in [0.717, 1.165) is 5.57 Å². The number of hydrogen-bond acceptors (Lipinski definition) is 2. The topological polar surface area (TPSA) is 34.1 Å². The highest BCUT2D eigenvalue weighted by Crippen LogP contribution is 2.41. The molecule has 1 aliphatic carbocycles. The monoisotopic (exact) mass is 234 g/mol. The highest BCUT2D eigenvalue weighted by molar-refractivity contribution is 6.20. The van der Waals surface area contributed by atoms with Crippen LogP contribution in [0.2, 0.25) is 0 Å². The lowest BCUT2D eigenvalue weighted by molar-refractivity contribution is -0.115. The molecule has 0 saturated carbocycles. The lowest BCUT2D eigenvalue weighted by Crippen LogP contribution is -2.23. The molecule has 17 heavy (non-hydrogen) atoms. The third-order valence-corrected chi connectivity index (χ3v) is 2.97. The van der Waals surface area contributed by atoms with Gasteiger partial charge in [0, 0.05) is 16.7 Å². The summed E-state index contributed by atoms with van der Waals surface area (Å²) < 4.78 is 0. The third-order valence-electron chi connectivity index (χ3n) is 2.97. The van der Waals surface area contributed by atoms with E-state index in [1.807, 2.05) is 41.5 Å². The molecule has 0 atom stereocenters. The lowest BCUT2D eigenvalue weighted by Gasteiger charge is -2.24. The van der Waals surface area contributed by atoms with E-state index in [2.05, 4.69) is 0 Å². The number of carbonyl (C=O) groups excluding carboxylic acids is 2. The summed E-state index contributed by atoms with van der Waals surface area (Å²) in [6.45, 7) is 13.4. The standard InChI is InChI=1S/C15H22O2/c1-9(16)10-8-11(14(2,3)4)13(17)12(10)15(5,6)7/h8H,1-7H3. The summed E-state index contributed by atoms with van der Waals surface area (Å²) in [5.41, 5.74) is 1.49. The van der Waals surface area contributed by atoms with E-state index in [1.54, 1.807) is 6.08 Å². The van der Waals surface area contributed by atoms with Crippen LogP contribution < -0.4 is 0 Å². The fourth-order valence-corrected chi connectivity index (χ4v) is 2.12. The summed E-state index contributed by atoms with van der Waals surface area (Å²) in [7, 11) is 0. The van der Waals surface area contributed by atoms with Gasteiger partial charge in [-0.05, 0) is 23.8 Å². The maximum absolute atomic E-state index is 12.4. The molecule has 0 aromatic rings. The predicted octanol–water partition coefficient (Wildman–Crippen LogP) is 3.47. The fraction of sp³-hybridized carbons (Fsp3) is 0.600. The van der Waals surface area contributed by atoms with Gasteiger partial charge in [-0.2, -0.15) is 0 Å². The zero-order valence-electron chi connectivity index (χ0n) is 11.9. The van der Waals surface area contributed by atoms with Gasteiger partial charge in [-0.1, -0.05) is 41.5 Å². The first-order valence-electron chi connectivity index (χ1n) is 5.99. The molecule has 0 aliphatic heterocycles. The van der Waals surface area contributed by atoms with Crippen LogP contribution in [-0.2, 0) is 9.59 Å². The van der Waals surface area contributed by atoms with Crippen molar-refractivity contribution in [1.29, 1.82) is 0 Å². The van der Waals surface area contributed by atoms with Crippen molar-refractivity contribution >= 4 is 11.6 Å². The Morgan fingerprint density at radius 1 is 1.00 bits per heavy atom. The van der Waals surface area contributed by atoms with Crippen LogP contribution in [0.5, 0.6) is 0 Å². The number of ketones is 2. The quantitative estimate of drug-likeness (QED) is 0.696. The van der Waals surface area contributed by atoms with Crippen molar-refractivity contribution in [3.05, 3.63) is 22.8 Å². The zero-order valence-corrected chi connectivity index (χ0v) is 11.9. The molecule has 0 amide bonds. The molecule has 0 bridgehead atoms. The van der Waals surface area contributed by atoms with Crippen LogP contribution in [0.3, 0.4) is 0 Å². The van der Waals surface area contributed by atoms with Crippen molar-refractivity contribution in [3.63, 3.8) is 0 Å². The zero-order chi connectivity index (χ0) is 13.6. The van der Waals surface area contributed by atoms with Gasteiger partial charge in [-0.3, -0.25) is 9.59 Å². The van der Waals surface area contributed by atoms with E-state index >= 15 is 0 Å². The van der Waals surface area contributed by atoms with Crippen molar-refractivity contribution in [2.24, 2.45) is 10.8 Å². The predicted molar refractivity (Wildman–Crippen MR) is 69.7 cm³/mol. The smallest absolute Gasteiger partial charge is 0.186 e. The summed E-state index contributed by atoms with van der Waals surface area (Å²) >= 11 is 0. The fourth-order valence-electron chi connectivity index (χ4n) is 2.12. The van der Waals surface area contributed by atoms with Gasteiger partial charge in [-0.15, -0.1) is 0 Å². The van der Waals surface area contributed by atoms with Crippen molar-refractivity contribution in [3.8, 4) is 0 Å². The highest BCUT2D eigenvalue weighted by Gasteiger charge is 2.38. The Morgan fingerprint density at radius 3 is 1.71 bits per heavy atom. The van der Waals surface area contributed by atoms with E-state index in [1.165, 1.54) is 6.92 Å². The Balaban J connectivity index is 3.39. The molecular weight excluding hydrogens is 212 g/mol. The second kappa shape index (κ2) is 3.94. The van der Waals surface area contributed by atoms with Gasteiger partial charge in [0.25, 0.3) is 0 Å². The minimum atomic E-state index is -0.290. The molecule has 0 fully saturated rings. The van der Waals surface area contributed by atoms with Crippen LogP contribution in [-0.4, -0.2) is 11.6 Å². The van der Waals surface area contributed by atoms with Crippen LogP contribution in [0, 0.1) is 10.8 Å². The Bertz CT molecular complexity index is 435. The lowest BCUT2D eigenvalue weighted by atomic mass is 9.78. The van der Waals surface area contributed by atoms with Gasteiger partial charge in [0.15, 0.2) is 11.6 Å². The maximum Gasteiger partial charge on any atom is 0.186 e. The number of rotatable bonds is 1. The normalized spacial score (nSPS) is 17.6. The second-order valence-corrected chi connectivity index (χ2v) is 6.73. The van der Waals surface area contributed by atoms with Crippen LogP contribution >= 0.6 is 0 Å². The van der Waals surface area contributed by atoms with Crippen LogP contribution in [0.15, 0.2) is 22.8 Å².